The lowest BCUT2D eigenvalue weighted by molar-refractivity contribution is 0.415. The van der Waals surface area contributed by atoms with Crippen LogP contribution in [0.4, 0.5) is 5.69 Å². The zero-order chi connectivity index (χ0) is 12.3. The Bertz CT molecular complexity index is 346. The average molecular weight is 234 g/mol. The Morgan fingerprint density at radius 2 is 2.00 bits per heavy atom. The summed E-state index contributed by atoms with van der Waals surface area (Å²) in [4.78, 5) is 2.25. The van der Waals surface area contributed by atoms with Crippen LogP contribution in [0.25, 0.3) is 0 Å². The first-order valence-electron chi connectivity index (χ1n) is 6.31. The molecule has 1 aliphatic rings. The molecule has 0 aliphatic heterocycles. The molecule has 1 fully saturated rings. The normalized spacial score (nSPS) is 16.6. The molecule has 0 amide bonds. The third-order valence-electron chi connectivity index (χ3n) is 3.54. The number of nitrogens with two attached hydrogens (primary N) is 1. The number of nitrogens with zero attached hydrogens (tertiary/aromatic N) is 1. The Labute approximate surface area is 104 Å². The minimum atomic E-state index is 0.385. The standard InChI is InChI=1S/C14H22N2O/c1-16(10-9-14(15)11-3-4-11)12-5-7-13(17-2)8-6-12/h5-8,11,14H,3-4,9-10,15H2,1-2H3. The van der Waals surface area contributed by atoms with Gasteiger partial charge in [-0.1, -0.05) is 0 Å². The second kappa shape index (κ2) is 5.41. The van der Waals surface area contributed by atoms with Gasteiger partial charge in [0.25, 0.3) is 0 Å². The van der Waals surface area contributed by atoms with Crippen molar-refractivity contribution in [2.24, 2.45) is 11.7 Å². The predicted molar refractivity (Wildman–Crippen MR) is 71.6 cm³/mol. The van der Waals surface area contributed by atoms with Crippen molar-refractivity contribution in [2.75, 3.05) is 25.6 Å². The van der Waals surface area contributed by atoms with Crippen molar-refractivity contribution in [1.82, 2.24) is 0 Å². The molecule has 0 spiro atoms. The topological polar surface area (TPSA) is 38.5 Å². The molecule has 1 atom stereocenters. The maximum atomic E-state index is 6.10. The molecule has 0 saturated heterocycles. The lowest BCUT2D eigenvalue weighted by Crippen LogP contribution is -2.29. The Hall–Kier alpha value is -1.22. The molecule has 3 heteroatoms. The first-order chi connectivity index (χ1) is 8.20. The molecule has 94 valence electrons. The van der Waals surface area contributed by atoms with Gasteiger partial charge in [-0.2, -0.15) is 0 Å². The number of anilines is 1. The van der Waals surface area contributed by atoms with Crippen LogP contribution in [0.1, 0.15) is 19.3 Å². The first kappa shape index (κ1) is 12.2. The molecule has 0 bridgehead atoms. The molecule has 1 aromatic rings. The number of rotatable bonds is 6. The fourth-order valence-electron chi connectivity index (χ4n) is 2.07. The second-order valence-electron chi connectivity index (χ2n) is 4.91. The van der Waals surface area contributed by atoms with Crippen LogP contribution >= 0.6 is 0 Å². The van der Waals surface area contributed by atoms with Crippen LogP contribution in [-0.2, 0) is 0 Å². The third-order valence-corrected chi connectivity index (χ3v) is 3.54. The summed E-state index contributed by atoms with van der Waals surface area (Å²) in [5.41, 5.74) is 7.32. The number of methoxy groups -OCH3 is 1. The van der Waals surface area contributed by atoms with Crippen LogP contribution < -0.4 is 15.4 Å². The SMILES string of the molecule is COc1ccc(N(C)CCC(N)C2CC2)cc1. The Kier molecular flexibility index (Phi) is 3.89. The summed E-state index contributed by atoms with van der Waals surface area (Å²) in [5.74, 6) is 1.69. The average Bonchev–Trinajstić information content (AvgIpc) is 3.20. The van der Waals surface area contributed by atoms with Crippen LogP contribution in [0, 0.1) is 5.92 Å². The Morgan fingerprint density at radius 3 is 2.53 bits per heavy atom. The fraction of sp³-hybridized carbons (Fsp3) is 0.571. The van der Waals surface area contributed by atoms with Crippen LogP contribution in [0.5, 0.6) is 5.75 Å². The van der Waals surface area contributed by atoms with Gasteiger partial charge in [0.1, 0.15) is 5.75 Å². The highest BCUT2D eigenvalue weighted by Crippen LogP contribution is 2.33. The summed E-state index contributed by atoms with van der Waals surface area (Å²) in [6, 6.07) is 8.54. The first-order valence-corrected chi connectivity index (χ1v) is 6.31. The van der Waals surface area contributed by atoms with Gasteiger partial charge < -0.3 is 15.4 Å². The largest absolute Gasteiger partial charge is 0.497 e. The Balaban J connectivity index is 1.82. The molecule has 0 radical (unpaired) electrons. The van der Waals surface area contributed by atoms with Gasteiger partial charge in [0, 0.05) is 25.3 Å². The van der Waals surface area contributed by atoms with Gasteiger partial charge in [-0.05, 0) is 49.4 Å². The molecule has 2 N–H and O–H groups in total. The summed E-state index contributed by atoms with van der Waals surface area (Å²) in [7, 11) is 3.80. The smallest absolute Gasteiger partial charge is 0.119 e. The molecular weight excluding hydrogens is 212 g/mol. The lowest BCUT2D eigenvalue weighted by atomic mass is 10.1. The highest BCUT2D eigenvalue weighted by atomic mass is 16.5. The number of hydrogen-bond donors (Lipinski definition) is 1. The molecule has 0 aromatic heterocycles. The summed E-state index contributed by atoms with van der Waals surface area (Å²) >= 11 is 0. The van der Waals surface area contributed by atoms with E-state index in [9.17, 15) is 0 Å². The maximum absolute atomic E-state index is 6.10. The molecule has 1 aromatic carbocycles. The van der Waals surface area contributed by atoms with E-state index in [1.54, 1.807) is 7.11 Å². The van der Waals surface area contributed by atoms with Gasteiger partial charge in [-0.15, -0.1) is 0 Å². The van der Waals surface area contributed by atoms with E-state index in [1.165, 1.54) is 18.5 Å². The van der Waals surface area contributed by atoms with Crippen LogP contribution in [0.3, 0.4) is 0 Å². The van der Waals surface area contributed by atoms with Crippen molar-refractivity contribution < 1.29 is 4.74 Å². The highest BCUT2D eigenvalue weighted by Gasteiger charge is 2.28. The molecule has 3 nitrogen and oxygen atoms in total. The lowest BCUT2D eigenvalue weighted by Gasteiger charge is -2.21. The zero-order valence-electron chi connectivity index (χ0n) is 10.7. The summed E-state index contributed by atoms with van der Waals surface area (Å²) < 4.78 is 5.15. The van der Waals surface area contributed by atoms with Crippen LogP contribution in [0.2, 0.25) is 0 Å². The van der Waals surface area contributed by atoms with Crippen molar-refractivity contribution in [3.63, 3.8) is 0 Å². The van der Waals surface area contributed by atoms with Crippen LogP contribution in [-0.4, -0.2) is 26.7 Å². The highest BCUT2D eigenvalue weighted by molar-refractivity contribution is 5.48. The van der Waals surface area contributed by atoms with Crippen molar-refractivity contribution in [2.45, 2.75) is 25.3 Å². The monoisotopic (exact) mass is 234 g/mol. The van der Waals surface area contributed by atoms with Crippen molar-refractivity contribution in [1.29, 1.82) is 0 Å². The molecule has 17 heavy (non-hydrogen) atoms. The summed E-state index contributed by atoms with van der Waals surface area (Å²) in [5, 5.41) is 0. The number of hydrogen-bond acceptors (Lipinski definition) is 3. The van der Waals surface area contributed by atoms with E-state index < -0.39 is 0 Å². The maximum Gasteiger partial charge on any atom is 0.119 e. The fourth-order valence-corrected chi connectivity index (χ4v) is 2.07. The molecule has 0 heterocycles. The molecule has 1 aliphatic carbocycles. The third kappa shape index (κ3) is 3.37. The van der Waals surface area contributed by atoms with Gasteiger partial charge in [0.15, 0.2) is 0 Å². The minimum Gasteiger partial charge on any atom is -0.497 e. The summed E-state index contributed by atoms with van der Waals surface area (Å²) in [6.45, 7) is 1.02. The van der Waals surface area contributed by atoms with Gasteiger partial charge in [-0.25, -0.2) is 0 Å². The van der Waals surface area contributed by atoms with E-state index in [0.29, 0.717) is 6.04 Å². The van der Waals surface area contributed by atoms with E-state index in [1.807, 2.05) is 12.1 Å². The van der Waals surface area contributed by atoms with Gasteiger partial charge in [0.05, 0.1) is 7.11 Å². The van der Waals surface area contributed by atoms with Crippen LogP contribution in [0.15, 0.2) is 24.3 Å². The quantitative estimate of drug-likeness (QED) is 0.820. The van der Waals surface area contributed by atoms with Crippen molar-refractivity contribution in [3.8, 4) is 5.75 Å². The predicted octanol–water partition coefficient (Wildman–Crippen LogP) is 2.26. The van der Waals surface area contributed by atoms with Gasteiger partial charge in [0.2, 0.25) is 0 Å². The van der Waals surface area contributed by atoms with E-state index in [2.05, 4.69) is 24.1 Å². The molecule has 1 unspecified atom stereocenters. The van der Waals surface area contributed by atoms with Crippen molar-refractivity contribution in [3.05, 3.63) is 24.3 Å². The molecule has 1 saturated carbocycles. The van der Waals surface area contributed by atoms with E-state index in [-0.39, 0.29) is 0 Å². The van der Waals surface area contributed by atoms with Crippen molar-refractivity contribution >= 4 is 5.69 Å². The molecule has 2 rings (SSSR count). The second-order valence-corrected chi connectivity index (χ2v) is 4.91. The Morgan fingerprint density at radius 1 is 1.35 bits per heavy atom. The van der Waals surface area contributed by atoms with Gasteiger partial charge >= 0.3 is 0 Å². The van der Waals surface area contributed by atoms with E-state index in [4.69, 9.17) is 10.5 Å². The molecular formula is C14H22N2O. The summed E-state index contributed by atoms with van der Waals surface area (Å²) in [6.07, 6.45) is 3.73. The van der Waals surface area contributed by atoms with E-state index in [0.717, 1.165) is 24.6 Å². The minimum absolute atomic E-state index is 0.385. The number of benzene rings is 1. The zero-order valence-corrected chi connectivity index (χ0v) is 10.7. The van der Waals surface area contributed by atoms with E-state index >= 15 is 0 Å². The number of ether oxygens (including phenoxy) is 1. The van der Waals surface area contributed by atoms with Gasteiger partial charge in [-0.3, -0.25) is 0 Å².